The molecule has 0 saturated carbocycles. The molecule has 0 aromatic carbocycles. The predicted octanol–water partition coefficient (Wildman–Crippen LogP) is 1.01. The first-order chi connectivity index (χ1) is 6.27. The molecule has 0 bridgehead atoms. The molecule has 0 aliphatic heterocycles. The molecular formula is C9H8N2O2. The maximum atomic E-state index is 10.7. The van der Waals surface area contributed by atoms with E-state index in [1.165, 1.54) is 11.7 Å². The summed E-state index contributed by atoms with van der Waals surface area (Å²) in [5, 5.41) is 0.948. The molecule has 4 nitrogen and oxygen atoms in total. The number of carbonyl (C=O) groups excluding carboxylic acids is 1. The fourth-order valence-corrected chi connectivity index (χ4v) is 1.17. The van der Waals surface area contributed by atoms with Crippen molar-refractivity contribution in [3.05, 3.63) is 30.7 Å². The van der Waals surface area contributed by atoms with E-state index in [1.54, 1.807) is 24.7 Å². The molecule has 0 saturated heterocycles. The fourth-order valence-electron chi connectivity index (χ4n) is 1.17. The van der Waals surface area contributed by atoms with Gasteiger partial charge in [-0.05, 0) is 12.1 Å². The zero-order chi connectivity index (χ0) is 9.26. The van der Waals surface area contributed by atoms with Crippen LogP contribution in [0.1, 0.15) is 6.92 Å². The molecule has 4 heteroatoms. The van der Waals surface area contributed by atoms with Crippen LogP contribution in [0.3, 0.4) is 0 Å². The lowest BCUT2D eigenvalue weighted by Gasteiger charge is -2.01. The van der Waals surface area contributed by atoms with Gasteiger partial charge in [0.2, 0.25) is 0 Å². The van der Waals surface area contributed by atoms with E-state index in [2.05, 4.69) is 4.98 Å². The molecule has 0 amide bonds. The Labute approximate surface area is 74.7 Å². The maximum Gasteiger partial charge on any atom is 0.329 e. The van der Waals surface area contributed by atoms with Gasteiger partial charge in [-0.15, -0.1) is 0 Å². The van der Waals surface area contributed by atoms with Gasteiger partial charge in [0.15, 0.2) is 0 Å². The Morgan fingerprint density at radius 3 is 3.15 bits per heavy atom. The molecule has 2 aromatic heterocycles. The lowest BCUT2D eigenvalue weighted by atomic mass is 10.3. The van der Waals surface area contributed by atoms with Crippen LogP contribution in [0, 0.1) is 0 Å². The van der Waals surface area contributed by atoms with Crippen molar-refractivity contribution in [2.75, 3.05) is 0 Å². The van der Waals surface area contributed by atoms with Crippen LogP contribution in [0.5, 0.6) is 0 Å². The number of pyridine rings is 1. The van der Waals surface area contributed by atoms with Crippen LogP contribution in [-0.4, -0.2) is 15.7 Å². The molecule has 0 aliphatic carbocycles. The van der Waals surface area contributed by atoms with Crippen molar-refractivity contribution >= 4 is 16.9 Å². The molecule has 0 radical (unpaired) electrons. The van der Waals surface area contributed by atoms with Crippen molar-refractivity contribution in [1.82, 2.24) is 9.71 Å². The first kappa shape index (κ1) is 7.79. The van der Waals surface area contributed by atoms with Crippen LogP contribution in [0.15, 0.2) is 30.7 Å². The second kappa shape index (κ2) is 2.90. The van der Waals surface area contributed by atoms with Crippen molar-refractivity contribution < 1.29 is 9.63 Å². The van der Waals surface area contributed by atoms with Gasteiger partial charge in [-0.2, -0.15) is 4.73 Å². The summed E-state index contributed by atoms with van der Waals surface area (Å²) in [6.45, 7) is 1.37. The van der Waals surface area contributed by atoms with Gasteiger partial charge in [0.05, 0.1) is 5.52 Å². The number of rotatable bonds is 1. The van der Waals surface area contributed by atoms with E-state index < -0.39 is 0 Å². The van der Waals surface area contributed by atoms with E-state index in [4.69, 9.17) is 4.84 Å². The van der Waals surface area contributed by atoms with Crippen molar-refractivity contribution in [1.29, 1.82) is 0 Å². The van der Waals surface area contributed by atoms with E-state index in [-0.39, 0.29) is 5.97 Å². The first-order valence-electron chi connectivity index (χ1n) is 3.87. The summed E-state index contributed by atoms with van der Waals surface area (Å²) in [4.78, 5) is 19.6. The molecule has 2 heterocycles. The molecule has 2 aromatic rings. The monoisotopic (exact) mass is 176 g/mol. The second-order valence-corrected chi connectivity index (χ2v) is 2.66. The zero-order valence-corrected chi connectivity index (χ0v) is 7.10. The molecule has 0 spiro atoms. The molecule has 13 heavy (non-hydrogen) atoms. The lowest BCUT2D eigenvalue weighted by molar-refractivity contribution is -0.140. The molecule has 2 rings (SSSR count). The van der Waals surface area contributed by atoms with Crippen molar-refractivity contribution in [2.45, 2.75) is 6.92 Å². The van der Waals surface area contributed by atoms with Crippen molar-refractivity contribution in [2.24, 2.45) is 0 Å². The Bertz CT molecular complexity index is 448. The quantitative estimate of drug-likeness (QED) is 0.651. The van der Waals surface area contributed by atoms with Gasteiger partial charge >= 0.3 is 5.97 Å². The van der Waals surface area contributed by atoms with E-state index in [0.717, 1.165) is 10.9 Å². The summed E-state index contributed by atoms with van der Waals surface area (Å²) < 4.78 is 1.43. The summed E-state index contributed by atoms with van der Waals surface area (Å²) >= 11 is 0. The molecule has 0 atom stereocenters. The van der Waals surface area contributed by atoms with Gasteiger partial charge in [-0.1, -0.05) is 0 Å². The van der Waals surface area contributed by atoms with Gasteiger partial charge < -0.3 is 4.84 Å². The number of aromatic nitrogens is 2. The Kier molecular flexibility index (Phi) is 1.73. The number of carbonyl (C=O) groups is 1. The summed E-state index contributed by atoms with van der Waals surface area (Å²) in [6, 6.07) is 3.63. The van der Waals surface area contributed by atoms with Crippen molar-refractivity contribution in [3.63, 3.8) is 0 Å². The summed E-state index contributed by atoms with van der Waals surface area (Å²) in [5.74, 6) is -0.339. The summed E-state index contributed by atoms with van der Waals surface area (Å²) in [5.41, 5.74) is 0.838. The first-order valence-corrected chi connectivity index (χ1v) is 3.87. The highest BCUT2D eigenvalue weighted by molar-refractivity contribution is 5.79. The van der Waals surface area contributed by atoms with Crippen LogP contribution in [-0.2, 0) is 4.79 Å². The van der Waals surface area contributed by atoms with Gasteiger partial charge in [-0.25, -0.2) is 4.79 Å². The molecule has 0 N–H and O–H groups in total. The average Bonchev–Trinajstić information content (AvgIpc) is 2.48. The summed E-state index contributed by atoms with van der Waals surface area (Å²) in [7, 11) is 0. The van der Waals surface area contributed by atoms with Crippen LogP contribution >= 0.6 is 0 Å². The largest absolute Gasteiger partial charge is 0.337 e. The Hall–Kier alpha value is -1.84. The van der Waals surface area contributed by atoms with E-state index in [0.29, 0.717) is 0 Å². The van der Waals surface area contributed by atoms with E-state index in [9.17, 15) is 4.79 Å². The van der Waals surface area contributed by atoms with Gasteiger partial charge in [-0.3, -0.25) is 4.98 Å². The smallest absolute Gasteiger partial charge is 0.329 e. The maximum absolute atomic E-state index is 10.7. The SMILES string of the molecule is CC(=O)On1ccc2cnccc21. The standard InChI is InChI=1S/C9H8N2O2/c1-7(12)13-11-5-3-8-6-10-4-2-9(8)11/h2-6H,1H3. The van der Waals surface area contributed by atoms with Crippen LogP contribution in [0.2, 0.25) is 0 Å². The van der Waals surface area contributed by atoms with E-state index in [1.807, 2.05) is 6.07 Å². The Morgan fingerprint density at radius 1 is 1.54 bits per heavy atom. The van der Waals surface area contributed by atoms with Gasteiger partial charge in [0, 0.05) is 30.9 Å². The fraction of sp³-hybridized carbons (Fsp3) is 0.111. The minimum absolute atomic E-state index is 0.339. The minimum atomic E-state index is -0.339. The highest BCUT2D eigenvalue weighted by Gasteiger charge is 2.02. The third kappa shape index (κ3) is 1.38. The third-order valence-electron chi connectivity index (χ3n) is 1.68. The van der Waals surface area contributed by atoms with Crippen LogP contribution in [0.25, 0.3) is 10.9 Å². The number of hydrogen-bond acceptors (Lipinski definition) is 3. The van der Waals surface area contributed by atoms with Crippen LogP contribution < -0.4 is 4.84 Å². The Balaban J connectivity index is 2.51. The molecule has 0 unspecified atom stereocenters. The minimum Gasteiger partial charge on any atom is -0.337 e. The molecule has 0 aliphatic rings. The molecule has 0 fully saturated rings. The third-order valence-corrected chi connectivity index (χ3v) is 1.68. The molecular weight excluding hydrogens is 168 g/mol. The number of nitrogens with zero attached hydrogens (tertiary/aromatic N) is 2. The predicted molar refractivity (Wildman–Crippen MR) is 47.0 cm³/mol. The van der Waals surface area contributed by atoms with Gasteiger partial charge in [0.1, 0.15) is 0 Å². The average molecular weight is 176 g/mol. The molecule has 66 valence electrons. The topological polar surface area (TPSA) is 44.1 Å². The number of fused-ring (bicyclic) bond motifs is 1. The highest BCUT2D eigenvalue weighted by atomic mass is 16.7. The lowest BCUT2D eigenvalue weighted by Crippen LogP contribution is -2.14. The second-order valence-electron chi connectivity index (χ2n) is 2.66. The van der Waals surface area contributed by atoms with Crippen LogP contribution in [0.4, 0.5) is 0 Å². The Morgan fingerprint density at radius 2 is 2.38 bits per heavy atom. The van der Waals surface area contributed by atoms with Crippen molar-refractivity contribution in [3.8, 4) is 0 Å². The normalized spacial score (nSPS) is 10.2. The van der Waals surface area contributed by atoms with Gasteiger partial charge in [0.25, 0.3) is 0 Å². The van der Waals surface area contributed by atoms with E-state index >= 15 is 0 Å². The highest BCUT2D eigenvalue weighted by Crippen LogP contribution is 2.11. The summed E-state index contributed by atoms with van der Waals surface area (Å²) in [6.07, 6.45) is 5.06. The number of hydrogen-bond donors (Lipinski definition) is 0. The zero-order valence-electron chi connectivity index (χ0n) is 7.10.